The molecule has 8 aromatic rings. The first-order chi connectivity index (χ1) is 34.1. The van der Waals surface area contributed by atoms with Crippen molar-refractivity contribution in [2.75, 3.05) is 14.7 Å². The van der Waals surface area contributed by atoms with Gasteiger partial charge in [0.25, 0.3) is 6.71 Å². The van der Waals surface area contributed by atoms with Gasteiger partial charge in [-0.15, -0.1) is 0 Å². The van der Waals surface area contributed by atoms with E-state index in [2.05, 4.69) is 281 Å². The fraction of sp³-hybridized carbons (Fsp3) is 0.294. The van der Waals surface area contributed by atoms with Crippen molar-refractivity contribution in [2.45, 2.75) is 130 Å². The van der Waals surface area contributed by atoms with Gasteiger partial charge in [-0.25, -0.2) is 0 Å². The van der Waals surface area contributed by atoms with Crippen molar-refractivity contribution < 1.29 is 0 Å². The second-order valence-electron chi connectivity index (χ2n) is 25.4. The van der Waals surface area contributed by atoms with E-state index < -0.39 is 0 Å². The second kappa shape index (κ2) is 16.9. The Morgan fingerprint density at radius 2 is 0.847 bits per heavy atom. The van der Waals surface area contributed by atoms with Gasteiger partial charge in [-0.3, -0.25) is 0 Å². The van der Waals surface area contributed by atoms with Gasteiger partial charge in [0.15, 0.2) is 0 Å². The predicted molar refractivity (Wildman–Crippen MR) is 312 cm³/mol. The van der Waals surface area contributed by atoms with Gasteiger partial charge >= 0.3 is 0 Å². The van der Waals surface area contributed by atoms with Crippen molar-refractivity contribution in [1.29, 1.82) is 0 Å². The van der Waals surface area contributed by atoms with E-state index in [0.717, 1.165) is 23.5 Å². The summed E-state index contributed by atoms with van der Waals surface area (Å²) in [6.45, 7) is 30.9. The van der Waals surface area contributed by atoms with Gasteiger partial charge in [0.05, 0.1) is 11.4 Å². The van der Waals surface area contributed by atoms with Crippen molar-refractivity contribution in [3.05, 3.63) is 204 Å². The number of hydrogen-bond acceptors (Lipinski definition) is 3. The molecule has 4 heteroatoms. The van der Waals surface area contributed by atoms with Crippen LogP contribution in [0.15, 0.2) is 176 Å². The van der Waals surface area contributed by atoms with Crippen LogP contribution in [-0.2, 0) is 27.1 Å². The lowest BCUT2D eigenvalue weighted by molar-refractivity contribution is 0.332. The lowest BCUT2D eigenvalue weighted by Gasteiger charge is -2.47. The van der Waals surface area contributed by atoms with E-state index in [1.54, 1.807) is 0 Å². The molecule has 0 bridgehead atoms. The van der Waals surface area contributed by atoms with Gasteiger partial charge in [-0.2, -0.15) is 0 Å². The molecule has 0 fully saturated rings. The number of rotatable bonds is 6. The summed E-state index contributed by atoms with van der Waals surface area (Å²) in [5, 5.41) is 0. The Labute approximate surface area is 431 Å². The van der Waals surface area contributed by atoms with Gasteiger partial charge < -0.3 is 14.7 Å². The van der Waals surface area contributed by atoms with Gasteiger partial charge in [-0.1, -0.05) is 193 Å². The number of hydrogen-bond donors (Lipinski definition) is 0. The third-order valence-electron chi connectivity index (χ3n) is 16.4. The van der Waals surface area contributed by atoms with Crippen molar-refractivity contribution in [2.24, 2.45) is 0 Å². The van der Waals surface area contributed by atoms with Crippen LogP contribution in [-0.4, -0.2) is 6.71 Å². The largest absolute Gasteiger partial charge is 0.311 e. The SMILES string of the molecule is CC(C)(C)c1ccc2c(c1)B1c3cc(C(C)(C)C)ccc3N(c3ccc(C(C)(C)C)cc3-c3ccccc3)c3cc(N(c4ccccc4)c4ccccc4)cc(c31)N2c1ccc2c(c1)C(C)(C)CCC2(C)C. The third-order valence-corrected chi connectivity index (χ3v) is 16.4. The Kier molecular flexibility index (Phi) is 11.2. The number of benzene rings is 8. The highest BCUT2D eigenvalue weighted by Gasteiger charge is 2.46. The van der Waals surface area contributed by atoms with Crippen LogP contribution in [0.1, 0.15) is 131 Å². The zero-order valence-electron chi connectivity index (χ0n) is 45.1. The quantitative estimate of drug-likeness (QED) is 0.154. The monoisotopic (exact) mass is 942 g/mol. The summed E-state index contributed by atoms with van der Waals surface area (Å²) in [7, 11) is 0. The van der Waals surface area contributed by atoms with E-state index in [4.69, 9.17) is 0 Å². The number of para-hydroxylation sites is 2. The molecule has 3 nitrogen and oxygen atoms in total. The standard InChI is InChI=1S/C68H72BN3/c1-64(2,3)46-29-34-58(53(39-46)45-23-17-14-18-24-45)72-60-36-31-48(66(7,8)9)41-57(60)69-56-40-47(65(4,5)6)30-35-59(56)71(51-32-33-54-55(42-51)68(12,13)38-37-67(54,10)11)61-43-52(44-62(72)63(61)69)70(49-25-19-15-20-26-49)50-27-21-16-22-28-50/h14-36,39-44H,37-38H2,1-13H3. The summed E-state index contributed by atoms with van der Waals surface area (Å²) in [4.78, 5) is 7.74. The maximum Gasteiger partial charge on any atom is 0.252 e. The molecule has 0 amide bonds. The maximum absolute atomic E-state index is 2.64. The number of nitrogens with zero attached hydrogens (tertiary/aromatic N) is 3. The van der Waals surface area contributed by atoms with E-state index in [9.17, 15) is 0 Å². The second-order valence-corrected chi connectivity index (χ2v) is 25.4. The van der Waals surface area contributed by atoms with Crippen LogP contribution in [0.5, 0.6) is 0 Å². The molecular weight excluding hydrogens is 870 g/mol. The Morgan fingerprint density at radius 3 is 1.36 bits per heavy atom. The minimum Gasteiger partial charge on any atom is -0.311 e. The molecule has 8 aromatic carbocycles. The van der Waals surface area contributed by atoms with E-state index in [1.807, 2.05) is 0 Å². The molecule has 2 aliphatic heterocycles. The fourth-order valence-corrected chi connectivity index (χ4v) is 12.0. The summed E-state index contributed by atoms with van der Waals surface area (Å²) in [5.41, 5.74) is 23.9. The minimum absolute atomic E-state index is 0.0307. The molecule has 362 valence electrons. The van der Waals surface area contributed by atoms with Crippen LogP contribution < -0.4 is 31.1 Å². The van der Waals surface area contributed by atoms with E-state index in [1.165, 1.54) is 95.9 Å². The van der Waals surface area contributed by atoms with Crippen molar-refractivity contribution in [1.82, 2.24) is 0 Å². The molecule has 0 radical (unpaired) electrons. The molecule has 0 saturated heterocycles. The normalized spacial score (nSPS) is 15.6. The number of fused-ring (bicyclic) bond motifs is 5. The molecule has 0 unspecified atom stereocenters. The zero-order chi connectivity index (χ0) is 50.7. The third kappa shape index (κ3) is 8.06. The maximum atomic E-state index is 2.64. The highest BCUT2D eigenvalue weighted by molar-refractivity contribution is 7.00. The molecule has 0 aromatic heterocycles. The Hall–Kier alpha value is -6.78. The molecule has 0 atom stereocenters. The minimum atomic E-state index is -0.0667. The Balaban J connectivity index is 1.31. The highest BCUT2D eigenvalue weighted by Crippen LogP contribution is 2.53. The van der Waals surface area contributed by atoms with Crippen LogP contribution in [0.3, 0.4) is 0 Å². The summed E-state index contributed by atoms with van der Waals surface area (Å²) in [6.07, 6.45) is 2.33. The highest BCUT2D eigenvalue weighted by atomic mass is 15.2. The molecular formula is C68H72BN3. The molecule has 1 aliphatic carbocycles. The van der Waals surface area contributed by atoms with Crippen LogP contribution in [0.4, 0.5) is 51.2 Å². The van der Waals surface area contributed by atoms with E-state index >= 15 is 0 Å². The molecule has 3 aliphatic rings. The first kappa shape index (κ1) is 47.5. The first-order valence-electron chi connectivity index (χ1n) is 26.4. The van der Waals surface area contributed by atoms with Crippen molar-refractivity contribution in [3.8, 4) is 11.1 Å². The van der Waals surface area contributed by atoms with Crippen LogP contribution in [0.2, 0.25) is 0 Å². The van der Waals surface area contributed by atoms with Gasteiger partial charge in [0.2, 0.25) is 0 Å². The summed E-state index contributed by atoms with van der Waals surface area (Å²) in [6, 6.07) is 67.5. The molecule has 2 heterocycles. The van der Waals surface area contributed by atoms with Gasteiger partial charge in [0, 0.05) is 45.4 Å². The molecule has 11 rings (SSSR count). The molecule has 0 N–H and O–H groups in total. The fourth-order valence-electron chi connectivity index (χ4n) is 12.0. The lowest BCUT2D eigenvalue weighted by atomic mass is 9.33. The first-order valence-corrected chi connectivity index (χ1v) is 26.4. The topological polar surface area (TPSA) is 9.72 Å². The number of anilines is 9. The van der Waals surface area contributed by atoms with Gasteiger partial charge in [0.1, 0.15) is 0 Å². The van der Waals surface area contributed by atoms with Crippen LogP contribution in [0, 0.1) is 0 Å². The van der Waals surface area contributed by atoms with Crippen molar-refractivity contribution >= 4 is 74.3 Å². The van der Waals surface area contributed by atoms with Crippen molar-refractivity contribution in [3.63, 3.8) is 0 Å². The van der Waals surface area contributed by atoms with Crippen LogP contribution in [0.25, 0.3) is 11.1 Å². The van der Waals surface area contributed by atoms with Gasteiger partial charge in [-0.05, 0) is 162 Å². The lowest BCUT2D eigenvalue weighted by Crippen LogP contribution is -2.61. The molecule has 0 saturated carbocycles. The smallest absolute Gasteiger partial charge is 0.252 e. The molecule has 0 spiro atoms. The Bertz CT molecular complexity index is 3330. The van der Waals surface area contributed by atoms with E-state index in [-0.39, 0.29) is 33.8 Å². The summed E-state index contributed by atoms with van der Waals surface area (Å²) in [5.74, 6) is 0. The average molecular weight is 942 g/mol. The Morgan fingerprint density at radius 1 is 0.403 bits per heavy atom. The summed E-state index contributed by atoms with van der Waals surface area (Å²) >= 11 is 0. The predicted octanol–water partition coefficient (Wildman–Crippen LogP) is 17.1. The molecule has 72 heavy (non-hydrogen) atoms. The van der Waals surface area contributed by atoms with E-state index in [0.29, 0.717) is 0 Å². The average Bonchev–Trinajstić information content (AvgIpc) is 3.35. The summed E-state index contributed by atoms with van der Waals surface area (Å²) < 4.78 is 0. The zero-order valence-corrected chi connectivity index (χ0v) is 45.1. The van der Waals surface area contributed by atoms with Crippen LogP contribution >= 0.6 is 0 Å².